The Morgan fingerprint density at radius 2 is 1.54 bits per heavy atom. The zero-order valence-corrected chi connectivity index (χ0v) is 15.7. The van der Waals surface area contributed by atoms with Gasteiger partial charge in [-0.15, -0.1) is 0 Å². The molecule has 28 heavy (non-hydrogen) atoms. The van der Waals surface area contributed by atoms with Gasteiger partial charge in [-0.3, -0.25) is 9.59 Å². The van der Waals surface area contributed by atoms with E-state index in [1.165, 1.54) is 0 Å². The molecular weight excluding hydrogens is 356 g/mol. The summed E-state index contributed by atoms with van der Waals surface area (Å²) < 4.78 is 0. The lowest BCUT2D eigenvalue weighted by atomic mass is 9.78. The van der Waals surface area contributed by atoms with Crippen molar-refractivity contribution in [2.45, 2.75) is 44.9 Å². The molecule has 1 aliphatic carbocycles. The van der Waals surface area contributed by atoms with E-state index in [-0.39, 0.29) is 23.7 Å². The van der Waals surface area contributed by atoms with Gasteiger partial charge in [0.15, 0.2) is 5.78 Å². The van der Waals surface area contributed by atoms with Crippen LogP contribution in [0.5, 0.6) is 0 Å². The lowest BCUT2D eigenvalue weighted by Crippen LogP contribution is -2.19. The standard InChI is InChI=1S/C23H24O5/c24-21(18-12-6-10-15-9-4-5-11-17(15)18)13-19(16-7-2-1-3-8-16)20(23(27)28)14-22(25)26/h4-6,9-12,16H,1-3,7-8,13-14H2,(H,25,26)(H,27,28). The number of carboxylic acids is 2. The molecule has 0 aliphatic heterocycles. The van der Waals surface area contributed by atoms with E-state index >= 15 is 0 Å². The van der Waals surface area contributed by atoms with Crippen LogP contribution in [0.2, 0.25) is 0 Å². The van der Waals surface area contributed by atoms with Gasteiger partial charge < -0.3 is 10.2 Å². The van der Waals surface area contributed by atoms with Crippen LogP contribution < -0.4 is 0 Å². The fourth-order valence-electron chi connectivity index (χ4n) is 4.16. The summed E-state index contributed by atoms with van der Waals surface area (Å²) >= 11 is 0. The molecule has 1 aliphatic rings. The molecule has 3 rings (SSSR count). The van der Waals surface area contributed by atoms with Crippen LogP contribution in [0.1, 0.15) is 55.3 Å². The normalized spacial score (nSPS) is 15.9. The summed E-state index contributed by atoms with van der Waals surface area (Å²) in [6.45, 7) is 0. The van der Waals surface area contributed by atoms with Crippen molar-refractivity contribution >= 4 is 28.5 Å². The number of fused-ring (bicyclic) bond motifs is 1. The van der Waals surface area contributed by atoms with Gasteiger partial charge in [-0.2, -0.15) is 0 Å². The minimum Gasteiger partial charge on any atom is -0.481 e. The van der Waals surface area contributed by atoms with Crippen molar-refractivity contribution in [3.63, 3.8) is 0 Å². The lowest BCUT2D eigenvalue weighted by molar-refractivity contribution is -0.139. The molecule has 0 radical (unpaired) electrons. The first kappa shape index (κ1) is 19.8. The predicted octanol–water partition coefficient (Wildman–Crippen LogP) is 4.85. The Morgan fingerprint density at radius 1 is 0.857 bits per heavy atom. The summed E-state index contributed by atoms with van der Waals surface area (Å²) in [6.07, 6.45) is 4.01. The fourth-order valence-corrected chi connectivity index (χ4v) is 4.16. The Hall–Kier alpha value is -2.95. The lowest BCUT2D eigenvalue weighted by Gasteiger charge is -2.26. The van der Waals surface area contributed by atoms with E-state index in [1.807, 2.05) is 36.4 Å². The quantitative estimate of drug-likeness (QED) is 0.529. The number of hydrogen-bond acceptors (Lipinski definition) is 3. The van der Waals surface area contributed by atoms with Gasteiger partial charge in [0.2, 0.25) is 0 Å². The maximum Gasteiger partial charge on any atom is 0.332 e. The molecule has 2 N–H and O–H groups in total. The van der Waals surface area contributed by atoms with E-state index in [9.17, 15) is 24.6 Å². The van der Waals surface area contributed by atoms with Crippen molar-refractivity contribution in [1.29, 1.82) is 0 Å². The fraction of sp³-hybridized carbons (Fsp3) is 0.348. The molecule has 0 unspecified atom stereocenters. The van der Waals surface area contributed by atoms with Gasteiger partial charge in [0.1, 0.15) is 0 Å². The third-order valence-electron chi connectivity index (χ3n) is 5.51. The number of hydrogen-bond donors (Lipinski definition) is 2. The average Bonchev–Trinajstić information content (AvgIpc) is 2.70. The van der Waals surface area contributed by atoms with Crippen LogP contribution in [0.3, 0.4) is 0 Å². The van der Waals surface area contributed by atoms with Gasteiger partial charge >= 0.3 is 11.9 Å². The van der Waals surface area contributed by atoms with Crippen molar-refractivity contribution in [2.75, 3.05) is 0 Å². The molecule has 0 spiro atoms. The predicted molar refractivity (Wildman–Crippen MR) is 106 cm³/mol. The first-order valence-electron chi connectivity index (χ1n) is 9.65. The summed E-state index contributed by atoms with van der Waals surface area (Å²) in [5.41, 5.74) is 0.909. The second-order valence-electron chi connectivity index (χ2n) is 7.34. The molecule has 0 saturated heterocycles. The molecule has 1 saturated carbocycles. The van der Waals surface area contributed by atoms with E-state index in [0.29, 0.717) is 11.1 Å². The third kappa shape index (κ3) is 4.47. The highest BCUT2D eigenvalue weighted by molar-refractivity contribution is 6.09. The van der Waals surface area contributed by atoms with Crippen molar-refractivity contribution in [3.05, 3.63) is 59.2 Å². The first-order chi connectivity index (χ1) is 13.5. The Bertz CT molecular complexity index is 930. The zero-order valence-electron chi connectivity index (χ0n) is 15.7. The number of carbonyl (C=O) groups is 3. The minimum atomic E-state index is -1.24. The number of Topliss-reactive ketones (excluding diaryl/α,β-unsaturated/α-hetero) is 1. The maximum absolute atomic E-state index is 13.2. The highest BCUT2D eigenvalue weighted by atomic mass is 16.4. The molecule has 2 aromatic carbocycles. The first-order valence-corrected chi connectivity index (χ1v) is 9.65. The largest absolute Gasteiger partial charge is 0.481 e. The van der Waals surface area contributed by atoms with Crippen LogP contribution in [0.25, 0.3) is 10.8 Å². The molecule has 0 amide bonds. The Morgan fingerprint density at radius 3 is 2.21 bits per heavy atom. The average molecular weight is 380 g/mol. The van der Waals surface area contributed by atoms with Gasteiger partial charge in [0.25, 0.3) is 0 Å². The molecule has 2 aromatic rings. The van der Waals surface area contributed by atoms with Crippen LogP contribution in [-0.4, -0.2) is 27.9 Å². The number of allylic oxidation sites excluding steroid dienone is 1. The molecule has 1 fully saturated rings. The molecule has 5 nitrogen and oxygen atoms in total. The number of aliphatic carboxylic acids is 2. The molecule has 0 aromatic heterocycles. The molecule has 5 heteroatoms. The second-order valence-corrected chi connectivity index (χ2v) is 7.34. The van der Waals surface area contributed by atoms with Gasteiger partial charge in [-0.1, -0.05) is 61.7 Å². The second kappa shape index (κ2) is 8.83. The molecule has 0 atom stereocenters. The summed E-state index contributed by atoms with van der Waals surface area (Å²) in [5.74, 6) is -2.64. The number of rotatable bonds is 7. The van der Waals surface area contributed by atoms with Crippen LogP contribution >= 0.6 is 0 Å². The van der Waals surface area contributed by atoms with Crippen molar-refractivity contribution in [2.24, 2.45) is 5.92 Å². The Labute approximate surface area is 163 Å². The highest BCUT2D eigenvalue weighted by Gasteiger charge is 2.27. The summed E-state index contributed by atoms with van der Waals surface area (Å²) in [5, 5.41) is 20.6. The Kier molecular flexibility index (Phi) is 6.24. The van der Waals surface area contributed by atoms with Crippen molar-refractivity contribution < 1.29 is 24.6 Å². The third-order valence-corrected chi connectivity index (χ3v) is 5.51. The topological polar surface area (TPSA) is 91.7 Å². The Balaban J connectivity index is 2.01. The molecular formula is C23H24O5. The van der Waals surface area contributed by atoms with Crippen LogP contribution in [-0.2, 0) is 9.59 Å². The molecule has 0 heterocycles. The SMILES string of the molecule is O=C(O)CC(C(=O)O)=C(CC(=O)c1cccc2ccccc12)C1CCCCC1. The van der Waals surface area contributed by atoms with Gasteiger partial charge in [0, 0.05) is 17.6 Å². The smallest absolute Gasteiger partial charge is 0.332 e. The van der Waals surface area contributed by atoms with E-state index in [2.05, 4.69) is 0 Å². The summed E-state index contributed by atoms with van der Waals surface area (Å²) in [6, 6.07) is 13.1. The van der Waals surface area contributed by atoms with Crippen molar-refractivity contribution in [3.8, 4) is 0 Å². The number of carbonyl (C=O) groups excluding carboxylic acids is 1. The molecule has 0 bridgehead atoms. The minimum absolute atomic E-state index is 0.0434. The number of ketones is 1. The van der Waals surface area contributed by atoms with Crippen molar-refractivity contribution in [1.82, 2.24) is 0 Å². The molecule has 146 valence electrons. The van der Waals surface area contributed by atoms with Crippen LogP contribution in [0, 0.1) is 5.92 Å². The number of carboxylic acid groups (broad SMARTS) is 2. The highest BCUT2D eigenvalue weighted by Crippen LogP contribution is 2.35. The van der Waals surface area contributed by atoms with Crippen LogP contribution in [0.15, 0.2) is 53.6 Å². The van der Waals surface area contributed by atoms with E-state index < -0.39 is 18.4 Å². The van der Waals surface area contributed by atoms with Gasteiger partial charge in [-0.25, -0.2) is 4.79 Å². The maximum atomic E-state index is 13.2. The van der Waals surface area contributed by atoms with Crippen LogP contribution in [0.4, 0.5) is 0 Å². The summed E-state index contributed by atoms with van der Waals surface area (Å²) in [7, 11) is 0. The number of benzene rings is 2. The van der Waals surface area contributed by atoms with E-state index in [1.54, 1.807) is 6.07 Å². The van der Waals surface area contributed by atoms with E-state index in [4.69, 9.17) is 0 Å². The monoisotopic (exact) mass is 380 g/mol. The zero-order chi connectivity index (χ0) is 20.1. The van der Waals surface area contributed by atoms with Gasteiger partial charge in [-0.05, 0) is 35.1 Å². The van der Waals surface area contributed by atoms with E-state index in [0.717, 1.165) is 42.9 Å². The summed E-state index contributed by atoms with van der Waals surface area (Å²) in [4.78, 5) is 36.2. The van der Waals surface area contributed by atoms with Gasteiger partial charge in [0.05, 0.1) is 6.42 Å².